The summed E-state index contributed by atoms with van der Waals surface area (Å²) in [6, 6.07) is 12.7. The Morgan fingerprint density at radius 3 is 2.03 bits per heavy atom. The number of imidazole rings is 1. The van der Waals surface area contributed by atoms with Crippen LogP contribution in [0.15, 0.2) is 70.9 Å². The molecule has 6 heteroatoms. The van der Waals surface area contributed by atoms with Crippen molar-refractivity contribution in [3.8, 4) is 11.3 Å². The van der Waals surface area contributed by atoms with Gasteiger partial charge in [0.2, 0.25) is 0 Å². The quantitative estimate of drug-likeness (QED) is 0.565. The second kappa shape index (κ2) is 8.43. The Morgan fingerprint density at radius 2 is 1.38 bits per heavy atom. The fraction of sp³-hybridized carbons (Fsp3) is 0.174. The maximum Gasteiger partial charge on any atom is 0.137 e. The molecule has 0 amide bonds. The van der Waals surface area contributed by atoms with E-state index in [4.69, 9.17) is 4.98 Å². The number of aromatic nitrogens is 2. The van der Waals surface area contributed by atoms with E-state index in [0.717, 1.165) is 57.2 Å². The van der Waals surface area contributed by atoms with E-state index in [1.807, 2.05) is 23.5 Å². The van der Waals surface area contributed by atoms with Crippen LogP contribution < -0.4 is 0 Å². The summed E-state index contributed by atoms with van der Waals surface area (Å²) in [6.07, 6.45) is 12.6. The van der Waals surface area contributed by atoms with E-state index in [0.29, 0.717) is 0 Å². The summed E-state index contributed by atoms with van der Waals surface area (Å²) in [4.78, 5) is 13.7. The van der Waals surface area contributed by atoms with Crippen LogP contribution >= 0.6 is 23.5 Å². The van der Waals surface area contributed by atoms with Gasteiger partial charge in [-0.15, -0.1) is 23.5 Å². The molecule has 29 heavy (non-hydrogen) atoms. The van der Waals surface area contributed by atoms with E-state index in [2.05, 4.69) is 87.5 Å². The van der Waals surface area contributed by atoms with Crippen LogP contribution in [-0.4, -0.2) is 44.1 Å². The molecule has 4 heterocycles. The van der Waals surface area contributed by atoms with Crippen LogP contribution in [0.4, 0.5) is 0 Å². The number of thioether (sulfide) groups is 2. The Bertz CT molecular complexity index is 1150. The van der Waals surface area contributed by atoms with Gasteiger partial charge in [0.05, 0.1) is 15.8 Å². The maximum absolute atomic E-state index is 4.77. The molecule has 2 aromatic heterocycles. The third-order valence-corrected chi connectivity index (χ3v) is 6.63. The number of nitrogens with zero attached hydrogens (tertiary/aromatic N) is 4. The highest BCUT2D eigenvalue weighted by atomic mass is 32.2. The molecule has 0 radical (unpaired) electrons. The fourth-order valence-corrected chi connectivity index (χ4v) is 4.73. The van der Waals surface area contributed by atoms with Crippen molar-refractivity contribution in [1.82, 2.24) is 9.38 Å². The molecule has 0 saturated carbocycles. The van der Waals surface area contributed by atoms with E-state index >= 15 is 0 Å². The van der Waals surface area contributed by atoms with Gasteiger partial charge >= 0.3 is 0 Å². The highest BCUT2D eigenvalue weighted by Gasteiger charge is 2.06. The topological polar surface area (TPSA) is 42.0 Å². The van der Waals surface area contributed by atoms with Crippen LogP contribution in [0.2, 0.25) is 0 Å². The second-order valence-corrected chi connectivity index (χ2v) is 9.01. The summed E-state index contributed by atoms with van der Waals surface area (Å²) < 4.78 is 2.09. The van der Waals surface area contributed by atoms with Crippen molar-refractivity contribution in [3.63, 3.8) is 0 Å². The van der Waals surface area contributed by atoms with Crippen molar-refractivity contribution in [3.05, 3.63) is 72.1 Å². The van der Waals surface area contributed by atoms with E-state index in [1.54, 1.807) is 0 Å². The van der Waals surface area contributed by atoms with E-state index in [-0.39, 0.29) is 0 Å². The summed E-state index contributed by atoms with van der Waals surface area (Å²) in [7, 11) is 0. The van der Waals surface area contributed by atoms with Gasteiger partial charge in [-0.3, -0.25) is 9.98 Å². The van der Waals surface area contributed by atoms with Gasteiger partial charge < -0.3 is 4.40 Å². The van der Waals surface area contributed by atoms with Crippen molar-refractivity contribution >= 4 is 51.4 Å². The van der Waals surface area contributed by atoms with Crippen molar-refractivity contribution in [2.45, 2.75) is 0 Å². The summed E-state index contributed by atoms with van der Waals surface area (Å²) in [5.41, 5.74) is 5.36. The average molecular weight is 417 g/mol. The fourth-order valence-electron chi connectivity index (χ4n) is 3.25. The second-order valence-electron chi connectivity index (χ2n) is 6.78. The van der Waals surface area contributed by atoms with Gasteiger partial charge in [-0.25, -0.2) is 4.98 Å². The molecule has 0 N–H and O–H groups in total. The number of benzene rings is 1. The maximum atomic E-state index is 4.77. The molecule has 1 aromatic carbocycles. The molecule has 0 saturated heterocycles. The highest BCUT2D eigenvalue weighted by molar-refractivity contribution is 8.14. The molecule has 0 atom stereocenters. The Balaban J connectivity index is 1.34. The minimum atomic E-state index is 0.927. The van der Waals surface area contributed by atoms with Gasteiger partial charge in [-0.1, -0.05) is 36.4 Å². The molecule has 2 aliphatic rings. The van der Waals surface area contributed by atoms with Crippen LogP contribution in [0.5, 0.6) is 0 Å². The molecular formula is C23H20N4S2. The zero-order chi connectivity index (χ0) is 19.5. The SMILES string of the molecule is C(=Cc1ccc(-c2cn3cc(C=CC4=NCCS4)ccc3n2)cc1)C1=NCCS1. The molecule has 0 fully saturated rings. The summed E-state index contributed by atoms with van der Waals surface area (Å²) in [5.74, 6) is 2.18. The van der Waals surface area contributed by atoms with Gasteiger partial charge in [-0.05, 0) is 35.4 Å². The van der Waals surface area contributed by atoms with Gasteiger partial charge in [0, 0.05) is 42.6 Å². The first kappa shape index (κ1) is 18.5. The van der Waals surface area contributed by atoms with Crippen LogP contribution in [0.1, 0.15) is 11.1 Å². The number of hydrogen-bond donors (Lipinski definition) is 0. The third kappa shape index (κ3) is 4.38. The lowest BCUT2D eigenvalue weighted by atomic mass is 10.1. The van der Waals surface area contributed by atoms with Crippen LogP contribution in [-0.2, 0) is 0 Å². The molecule has 4 nitrogen and oxygen atoms in total. The minimum absolute atomic E-state index is 0.927. The zero-order valence-electron chi connectivity index (χ0n) is 15.9. The Hall–Kier alpha value is -2.57. The van der Waals surface area contributed by atoms with E-state index in [9.17, 15) is 0 Å². The first-order valence-electron chi connectivity index (χ1n) is 9.63. The van der Waals surface area contributed by atoms with Gasteiger partial charge in [0.1, 0.15) is 5.65 Å². The lowest BCUT2D eigenvalue weighted by Crippen LogP contribution is -1.85. The number of fused-ring (bicyclic) bond motifs is 1. The van der Waals surface area contributed by atoms with Crippen molar-refractivity contribution in [1.29, 1.82) is 0 Å². The lowest BCUT2D eigenvalue weighted by molar-refractivity contribution is 1.18. The molecule has 144 valence electrons. The summed E-state index contributed by atoms with van der Waals surface area (Å²) in [6.45, 7) is 1.86. The van der Waals surface area contributed by atoms with Gasteiger partial charge in [-0.2, -0.15) is 0 Å². The van der Waals surface area contributed by atoms with Crippen LogP contribution in [0.25, 0.3) is 29.1 Å². The molecule has 5 rings (SSSR count). The van der Waals surface area contributed by atoms with Crippen LogP contribution in [0, 0.1) is 0 Å². The molecule has 0 unspecified atom stereocenters. The zero-order valence-corrected chi connectivity index (χ0v) is 17.5. The van der Waals surface area contributed by atoms with Crippen molar-refractivity contribution < 1.29 is 0 Å². The first-order chi connectivity index (χ1) is 14.3. The Kier molecular flexibility index (Phi) is 5.37. The third-order valence-electron chi connectivity index (χ3n) is 4.73. The van der Waals surface area contributed by atoms with Gasteiger partial charge in [0.15, 0.2) is 0 Å². The highest BCUT2D eigenvalue weighted by Crippen LogP contribution is 2.22. The Morgan fingerprint density at radius 1 is 0.724 bits per heavy atom. The lowest BCUT2D eigenvalue weighted by Gasteiger charge is -1.98. The number of rotatable bonds is 5. The van der Waals surface area contributed by atoms with Gasteiger partial charge in [0.25, 0.3) is 0 Å². The standard InChI is InChI=1S/C23H20N4S2/c1-6-19(7-2-17(1)4-9-22-24-11-13-28-22)20-16-27-15-18(3-8-21(27)26-20)5-10-23-25-12-14-29-23/h1-10,15-16H,11-14H2. The first-order valence-corrected chi connectivity index (χ1v) is 11.6. The Labute approximate surface area is 178 Å². The number of aliphatic imine (C=N–C) groups is 2. The van der Waals surface area contributed by atoms with Crippen molar-refractivity contribution in [2.24, 2.45) is 9.98 Å². The monoisotopic (exact) mass is 416 g/mol. The summed E-state index contributed by atoms with van der Waals surface area (Å²) >= 11 is 3.62. The van der Waals surface area contributed by atoms with E-state index in [1.165, 1.54) is 5.56 Å². The smallest absolute Gasteiger partial charge is 0.137 e. The largest absolute Gasteiger partial charge is 0.306 e. The number of hydrogen-bond acceptors (Lipinski definition) is 5. The van der Waals surface area contributed by atoms with Crippen LogP contribution in [0.3, 0.4) is 0 Å². The molecule has 3 aromatic rings. The number of pyridine rings is 1. The molecule has 0 spiro atoms. The molecule has 0 bridgehead atoms. The predicted molar refractivity (Wildman–Crippen MR) is 128 cm³/mol. The van der Waals surface area contributed by atoms with Crippen molar-refractivity contribution in [2.75, 3.05) is 24.6 Å². The van der Waals surface area contributed by atoms with E-state index < -0.39 is 0 Å². The minimum Gasteiger partial charge on any atom is -0.306 e. The average Bonchev–Trinajstić information content (AvgIpc) is 3.52. The molecule has 2 aliphatic heterocycles. The molecule has 0 aliphatic carbocycles. The molecular weight excluding hydrogens is 396 g/mol. The normalized spacial score (nSPS) is 17.0. The predicted octanol–water partition coefficient (Wildman–Crippen LogP) is 5.32. The summed E-state index contributed by atoms with van der Waals surface area (Å²) in [5, 5.41) is 2.24.